The first kappa shape index (κ1) is 15.3. The second kappa shape index (κ2) is 6.55. The molecule has 116 valence electrons. The van der Waals surface area contributed by atoms with Gasteiger partial charge in [0.15, 0.2) is 11.5 Å². The number of hydrogen-bond acceptors (Lipinski definition) is 5. The summed E-state index contributed by atoms with van der Waals surface area (Å²) in [4.78, 5) is 11.5. The van der Waals surface area contributed by atoms with E-state index in [1.165, 1.54) is 18.2 Å². The van der Waals surface area contributed by atoms with Gasteiger partial charge in [-0.25, -0.2) is 4.79 Å². The lowest BCUT2D eigenvalue weighted by Gasteiger charge is -2.08. The fourth-order valence-electron chi connectivity index (χ4n) is 1.61. The topological polar surface area (TPSA) is 89.1 Å². The van der Waals surface area contributed by atoms with E-state index in [9.17, 15) is 13.6 Å². The van der Waals surface area contributed by atoms with Crippen LogP contribution in [-0.2, 0) is 4.74 Å². The molecule has 1 aromatic rings. The minimum atomic E-state index is -3.69. The molecule has 1 aliphatic heterocycles. The van der Waals surface area contributed by atoms with Gasteiger partial charge in [0.05, 0.1) is 19.8 Å². The number of carbonyl (C=O) groups is 1. The first-order chi connectivity index (χ1) is 10.00. The van der Waals surface area contributed by atoms with Gasteiger partial charge in [-0.1, -0.05) is 0 Å². The highest BCUT2D eigenvalue weighted by Gasteiger charge is 2.43. The number of rotatable bonds is 6. The molecule has 0 saturated carbocycles. The maximum atomic E-state index is 12.8. The van der Waals surface area contributed by atoms with E-state index in [0.717, 1.165) is 0 Å². The van der Waals surface area contributed by atoms with E-state index in [2.05, 4.69) is 20.1 Å². The fraction of sp³-hybridized carbons (Fsp3) is 0.417. The van der Waals surface area contributed by atoms with Crippen molar-refractivity contribution < 1.29 is 32.9 Å². The van der Waals surface area contributed by atoms with Crippen LogP contribution in [-0.4, -0.2) is 43.8 Å². The average Bonchev–Trinajstić information content (AvgIpc) is 2.71. The molecule has 1 heterocycles. The Morgan fingerprint density at radius 1 is 1.29 bits per heavy atom. The molecule has 7 nitrogen and oxygen atoms in total. The minimum Gasteiger partial charge on any atom is -0.395 e. The van der Waals surface area contributed by atoms with Crippen molar-refractivity contribution in [1.29, 1.82) is 0 Å². The summed E-state index contributed by atoms with van der Waals surface area (Å²) in [7, 11) is 0. The zero-order chi connectivity index (χ0) is 15.3. The van der Waals surface area contributed by atoms with Crippen molar-refractivity contribution >= 4 is 11.7 Å². The number of alkyl halides is 2. The Bertz CT molecular complexity index is 512. The van der Waals surface area contributed by atoms with Crippen LogP contribution >= 0.6 is 0 Å². The number of amides is 2. The van der Waals surface area contributed by atoms with Gasteiger partial charge in [0.2, 0.25) is 0 Å². The Morgan fingerprint density at radius 2 is 2.05 bits per heavy atom. The number of aliphatic hydroxyl groups excluding tert-OH is 1. The number of hydrogen-bond donors (Lipinski definition) is 3. The molecule has 0 aliphatic carbocycles. The predicted molar refractivity (Wildman–Crippen MR) is 67.6 cm³/mol. The summed E-state index contributed by atoms with van der Waals surface area (Å²) < 4.78 is 39.1. The molecule has 0 saturated heterocycles. The number of halogens is 2. The highest BCUT2D eigenvalue weighted by atomic mass is 19.3. The maximum Gasteiger partial charge on any atom is 0.586 e. The van der Waals surface area contributed by atoms with E-state index in [1.807, 2.05) is 0 Å². The fourth-order valence-corrected chi connectivity index (χ4v) is 1.61. The third-order valence-electron chi connectivity index (χ3n) is 2.43. The first-order valence-corrected chi connectivity index (χ1v) is 6.13. The second-order valence-electron chi connectivity index (χ2n) is 4.05. The molecule has 2 amide bonds. The molecule has 0 atom stereocenters. The van der Waals surface area contributed by atoms with Crippen molar-refractivity contribution in [3.63, 3.8) is 0 Å². The SMILES string of the molecule is O=C(NCCOCCO)Nc1ccc2c(c1)OC(F)(F)O2. The number of anilines is 1. The monoisotopic (exact) mass is 304 g/mol. The molecule has 2 rings (SSSR count). The number of aliphatic hydroxyl groups is 1. The molecule has 0 unspecified atom stereocenters. The van der Waals surface area contributed by atoms with Gasteiger partial charge < -0.3 is 30.0 Å². The van der Waals surface area contributed by atoms with Crippen LogP contribution in [0.2, 0.25) is 0 Å². The zero-order valence-corrected chi connectivity index (χ0v) is 10.9. The molecule has 9 heteroatoms. The highest BCUT2D eigenvalue weighted by Crippen LogP contribution is 2.42. The molecule has 1 aliphatic rings. The maximum absolute atomic E-state index is 12.8. The number of urea groups is 1. The Labute approximate surface area is 118 Å². The second-order valence-corrected chi connectivity index (χ2v) is 4.05. The van der Waals surface area contributed by atoms with Crippen LogP contribution < -0.4 is 20.1 Å². The summed E-state index contributed by atoms with van der Waals surface area (Å²) in [6.07, 6.45) is -3.69. The molecule has 0 spiro atoms. The minimum absolute atomic E-state index is 0.0893. The van der Waals surface area contributed by atoms with Crippen molar-refractivity contribution in [3.8, 4) is 11.5 Å². The van der Waals surface area contributed by atoms with E-state index in [-0.39, 0.29) is 43.6 Å². The molecule has 0 radical (unpaired) electrons. The molecule has 3 N–H and O–H groups in total. The van der Waals surface area contributed by atoms with Crippen LogP contribution in [0.25, 0.3) is 0 Å². The van der Waals surface area contributed by atoms with Crippen molar-refractivity contribution in [3.05, 3.63) is 18.2 Å². The van der Waals surface area contributed by atoms with E-state index in [1.54, 1.807) is 0 Å². The Kier molecular flexibility index (Phi) is 4.76. The van der Waals surface area contributed by atoms with Crippen molar-refractivity contribution in [1.82, 2.24) is 5.32 Å². The van der Waals surface area contributed by atoms with Gasteiger partial charge in [0.1, 0.15) is 0 Å². The smallest absolute Gasteiger partial charge is 0.395 e. The first-order valence-electron chi connectivity index (χ1n) is 6.13. The standard InChI is InChI=1S/C12H14F2N2O5/c13-12(14)20-9-2-1-8(7-10(9)21-12)16-11(18)15-3-5-19-6-4-17/h1-2,7,17H,3-6H2,(H2,15,16,18). The van der Waals surface area contributed by atoms with Crippen LogP contribution in [0.15, 0.2) is 18.2 Å². The zero-order valence-electron chi connectivity index (χ0n) is 10.9. The summed E-state index contributed by atoms with van der Waals surface area (Å²) in [6, 6.07) is 3.40. The lowest BCUT2D eigenvalue weighted by atomic mass is 10.3. The number of ether oxygens (including phenoxy) is 3. The summed E-state index contributed by atoms with van der Waals surface area (Å²) in [5.41, 5.74) is 0.281. The average molecular weight is 304 g/mol. The number of carbonyl (C=O) groups excluding carboxylic acids is 1. The lowest BCUT2D eigenvalue weighted by molar-refractivity contribution is -0.286. The molecule has 0 fully saturated rings. The quantitative estimate of drug-likeness (QED) is 0.686. The van der Waals surface area contributed by atoms with Gasteiger partial charge in [0, 0.05) is 18.3 Å². The van der Waals surface area contributed by atoms with Crippen molar-refractivity contribution in [2.75, 3.05) is 31.7 Å². The van der Waals surface area contributed by atoms with Crippen LogP contribution in [0.3, 0.4) is 0 Å². The normalized spacial score (nSPS) is 14.8. The van der Waals surface area contributed by atoms with E-state index < -0.39 is 12.3 Å². The van der Waals surface area contributed by atoms with E-state index >= 15 is 0 Å². The summed E-state index contributed by atoms with van der Waals surface area (Å²) in [5.74, 6) is -0.243. The van der Waals surface area contributed by atoms with E-state index in [0.29, 0.717) is 0 Å². The molecule has 0 aromatic heterocycles. The molecule has 0 bridgehead atoms. The molecule has 1 aromatic carbocycles. The number of fused-ring (bicyclic) bond motifs is 1. The van der Waals surface area contributed by atoms with Crippen LogP contribution in [0.5, 0.6) is 11.5 Å². The predicted octanol–water partition coefficient (Wildman–Crippen LogP) is 1.14. The molecule has 21 heavy (non-hydrogen) atoms. The lowest BCUT2D eigenvalue weighted by Crippen LogP contribution is -2.31. The summed E-state index contributed by atoms with van der Waals surface area (Å²) in [5, 5.41) is 13.4. The molecular weight excluding hydrogens is 290 g/mol. The van der Waals surface area contributed by atoms with Crippen molar-refractivity contribution in [2.24, 2.45) is 0 Å². The van der Waals surface area contributed by atoms with Gasteiger partial charge in [-0.2, -0.15) is 0 Å². The van der Waals surface area contributed by atoms with Gasteiger partial charge in [0.25, 0.3) is 0 Å². The Hall–Kier alpha value is -2.13. The van der Waals surface area contributed by atoms with Gasteiger partial charge in [-0.3, -0.25) is 0 Å². The van der Waals surface area contributed by atoms with Crippen LogP contribution in [0, 0.1) is 0 Å². The van der Waals surface area contributed by atoms with E-state index in [4.69, 9.17) is 9.84 Å². The Morgan fingerprint density at radius 3 is 2.81 bits per heavy atom. The third-order valence-corrected chi connectivity index (χ3v) is 2.43. The van der Waals surface area contributed by atoms with Crippen molar-refractivity contribution in [2.45, 2.75) is 6.29 Å². The van der Waals surface area contributed by atoms with Gasteiger partial charge in [-0.05, 0) is 12.1 Å². The number of nitrogens with one attached hydrogen (secondary N) is 2. The summed E-state index contributed by atoms with van der Waals surface area (Å²) >= 11 is 0. The Balaban J connectivity index is 1.80. The van der Waals surface area contributed by atoms with Gasteiger partial charge in [-0.15, -0.1) is 8.78 Å². The third kappa shape index (κ3) is 4.43. The summed E-state index contributed by atoms with van der Waals surface area (Å²) in [6.45, 7) is 0.601. The van der Waals surface area contributed by atoms with Gasteiger partial charge >= 0.3 is 12.3 Å². The van der Waals surface area contributed by atoms with Crippen LogP contribution in [0.4, 0.5) is 19.3 Å². The number of benzene rings is 1. The van der Waals surface area contributed by atoms with Crippen LogP contribution in [0.1, 0.15) is 0 Å². The highest BCUT2D eigenvalue weighted by molar-refractivity contribution is 5.89. The molecular formula is C12H14F2N2O5. The largest absolute Gasteiger partial charge is 0.586 e.